The molecule has 3 N–H and O–H groups in total. The summed E-state index contributed by atoms with van der Waals surface area (Å²) in [7, 11) is 0. The molecule has 2 atom stereocenters. The number of alkyl carbamates (subject to hydrolysis) is 1. The van der Waals surface area contributed by atoms with Crippen molar-refractivity contribution >= 4 is 18.0 Å². The molecule has 2 aliphatic rings. The normalized spacial score (nSPS) is 16.5. The van der Waals surface area contributed by atoms with Crippen LogP contribution >= 0.6 is 0 Å². The molecule has 1 fully saturated rings. The van der Waals surface area contributed by atoms with E-state index in [1.807, 2.05) is 24.3 Å². The molecule has 1 saturated carbocycles. The van der Waals surface area contributed by atoms with Crippen molar-refractivity contribution in [3.8, 4) is 11.1 Å². The molecule has 0 heterocycles. The lowest BCUT2D eigenvalue weighted by Gasteiger charge is -2.29. The Bertz CT molecular complexity index is 1060. The average molecular weight is 479 g/mol. The van der Waals surface area contributed by atoms with Gasteiger partial charge in [0.25, 0.3) is 0 Å². The Labute approximate surface area is 206 Å². The van der Waals surface area contributed by atoms with Crippen LogP contribution in [0.25, 0.3) is 11.1 Å². The maximum Gasteiger partial charge on any atom is 0.407 e. The third kappa shape index (κ3) is 5.84. The Kier molecular flexibility index (Phi) is 7.15. The van der Waals surface area contributed by atoms with Gasteiger partial charge >= 0.3 is 12.1 Å². The number of carbonyl (C=O) groups excluding carboxylic acids is 2. The SMILES string of the molecule is CC(C)(C)[C@@H](NC(=O)C(CNC(=O)OCC1c2ccccc2-c2ccccc21)CC1CC1)C(=O)O. The van der Waals surface area contributed by atoms with E-state index in [1.54, 1.807) is 20.8 Å². The Morgan fingerprint density at radius 1 is 1.00 bits per heavy atom. The van der Waals surface area contributed by atoms with E-state index in [2.05, 4.69) is 34.9 Å². The first-order valence-corrected chi connectivity index (χ1v) is 12.3. The topological polar surface area (TPSA) is 105 Å². The molecule has 35 heavy (non-hydrogen) atoms. The van der Waals surface area contributed by atoms with Gasteiger partial charge in [0.15, 0.2) is 0 Å². The van der Waals surface area contributed by atoms with Crippen molar-refractivity contribution in [2.24, 2.45) is 17.3 Å². The lowest BCUT2D eigenvalue weighted by atomic mass is 9.86. The molecule has 4 rings (SSSR count). The van der Waals surface area contributed by atoms with Crippen molar-refractivity contribution in [2.45, 2.75) is 52.0 Å². The van der Waals surface area contributed by atoms with Crippen LogP contribution in [0.1, 0.15) is 57.1 Å². The molecular formula is C28H34N2O5. The van der Waals surface area contributed by atoms with Gasteiger partial charge in [-0.3, -0.25) is 4.79 Å². The highest BCUT2D eigenvalue weighted by Gasteiger charge is 2.36. The summed E-state index contributed by atoms with van der Waals surface area (Å²) in [5.41, 5.74) is 3.95. The summed E-state index contributed by atoms with van der Waals surface area (Å²) in [4.78, 5) is 37.2. The summed E-state index contributed by atoms with van der Waals surface area (Å²) < 4.78 is 5.59. The van der Waals surface area contributed by atoms with Crippen molar-refractivity contribution < 1.29 is 24.2 Å². The van der Waals surface area contributed by atoms with Crippen LogP contribution < -0.4 is 10.6 Å². The zero-order valence-corrected chi connectivity index (χ0v) is 20.5. The number of carbonyl (C=O) groups is 3. The van der Waals surface area contributed by atoms with Gasteiger partial charge in [-0.05, 0) is 40.0 Å². The van der Waals surface area contributed by atoms with E-state index in [9.17, 15) is 19.5 Å². The number of benzene rings is 2. The van der Waals surface area contributed by atoms with Crippen molar-refractivity contribution in [2.75, 3.05) is 13.2 Å². The van der Waals surface area contributed by atoms with Crippen LogP contribution in [0.3, 0.4) is 0 Å². The lowest BCUT2D eigenvalue weighted by Crippen LogP contribution is -2.52. The molecule has 0 aliphatic heterocycles. The number of carboxylic acid groups (broad SMARTS) is 1. The van der Waals surface area contributed by atoms with Gasteiger partial charge in [0, 0.05) is 12.5 Å². The van der Waals surface area contributed by atoms with E-state index in [1.165, 1.54) is 0 Å². The molecule has 2 amide bonds. The molecule has 7 nitrogen and oxygen atoms in total. The monoisotopic (exact) mass is 478 g/mol. The summed E-state index contributed by atoms with van der Waals surface area (Å²) in [6, 6.07) is 15.3. The van der Waals surface area contributed by atoms with E-state index in [4.69, 9.17) is 4.74 Å². The molecule has 7 heteroatoms. The number of aliphatic carboxylic acids is 1. The fourth-order valence-electron chi connectivity index (χ4n) is 4.80. The number of carboxylic acids is 1. The molecule has 0 saturated heterocycles. The minimum atomic E-state index is -1.07. The van der Waals surface area contributed by atoms with Gasteiger partial charge < -0.3 is 20.5 Å². The summed E-state index contributed by atoms with van der Waals surface area (Å²) in [6.07, 6.45) is 2.14. The van der Waals surface area contributed by atoms with Crippen molar-refractivity contribution in [1.29, 1.82) is 0 Å². The fraction of sp³-hybridized carbons (Fsp3) is 0.464. The second-order valence-electron chi connectivity index (χ2n) is 10.7. The smallest absolute Gasteiger partial charge is 0.407 e. The summed E-state index contributed by atoms with van der Waals surface area (Å²) >= 11 is 0. The Balaban J connectivity index is 1.36. The standard InChI is InChI=1S/C28H34N2O5/c1-28(2,3)24(26(32)33)30-25(31)18(14-17-12-13-17)15-29-27(34)35-16-23-21-10-6-4-8-19(21)20-9-5-7-11-22(20)23/h4-11,17-18,23-24H,12-16H2,1-3H3,(H,29,34)(H,30,31)(H,32,33)/t18?,24-/m0/s1. The molecule has 2 aromatic rings. The van der Waals surface area contributed by atoms with Crippen LogP contribution in [-0.4, -0.2) is 42.3 Å². The van der Waals surface area contributed by atoms with Crippen molar-refractivity contribution in [3.63, 3.8) is 0 Å². The minimum Gasteiger partial charge on any atom is -0.480 e. The Morgan fingerprint density at radius 2 is 1.57 bits per heavy atom. The first kappa shape index (κ1) is 24.8. The first-order valence-electron chi connectivity index (χ1n) is 12.3. The third-order valence-electron chi connectivity index (χ3n) is 6.92. The van der Waals surface area contributed by atoms with Crippen LogP contribution in [0.15, 0.2) is 48.5 Å². The lowest BCUT2D eigenvalue weighted by molar-refractivity contribution is -0.145. The summed E-state index contributed by atoms with van der Waals surface area (Å²) in [6.45, 7) is 5.63. The van der Waals surface area contributed by atoms with Gasteiger partial charge in [0.2, 0.25) is 5.91 Å². The molecule has 0 bridgehead atoms. The Morgan fingerprint density at radius 3 is 2.09 bits per heavy atom. The van der Waals surface area contributed by atoms with Gasteiger partial charge in [-0.2, -0.15) is 0 Å². The average Bonchev–Trinajstić information content (AvgIpc) is 3.58. The molecule has 0 aromatic heterocycles. The minimum absolute atomic E-state index is 0.0400. The van der Waals surface area contributed by atoms with Crippen molar-refractivity contribution in [1.82, 2.24) is 10.6 Å². The molecule has 186 valence electrons. The van der Waals surface area contributed by atoms with Gasteiger partial charge in [-0.1, -0.05) is 82.1 Å². The number of nitrogens with one attached hydrogen (secondary N) is 2. The second kappa shape index (κ2) is 10.1. The van der Waals surface area contributed by atoms with E-state index in [0.717, 1.165) is 35.1 Å². The van der Waals surface area contributed by atoms with Crippen LogP contribution in [0.4, 0.5) is 4.79 Å². The van der Waals surface area contributed by atoms with E-state index < -0.39 is 29.4 Å². The maximum atomic E-state index is 13.0. The van der Waals surface area contributed by atoms with Gasteiger partial charge in [0.1, 0.15) is 12.6 Å². The Hall–Kier alpha value is -3.35. The van der Waals surface area contributed by atoms with Crippen molar-refractivity contribution in [3.05, 3.63) is 59.7 Å². The number of fused-ring (bicyclic) bond motifs is 3. The maximum absolute atomic E-state index is 13.0. The van der Waals surface area contributed by atoms with Gasteiger partial charge in [-0.15, -0.1) is 0 Å². The quantitative estimate of drug-likeness (QED) is 0.490. The summed E-state index contributed by atoms with van der Waals surface area (Å²) in [5, 5.41) is 15.0. The first-order chi connectivity index (χ1) is 16.6. The number of rotatable bonds is 9. The molecule has 0 radical (unpaired) electrons. The largest absolute Gasteiger partial charge is 0.480 e. The number of ether oxygens (including phenoxy) is 1. The predicted octanol–water partition coefficient (Wildman–Crippen LogP) is 4.56. The van der Waals surface area contributed by atoms with E-state index in [-0.39, 0.29) is 25.0 Å². The molecule has 2 aliphatic carbocycles. The molecule has 1 unspecified atom stereocenters. The highest BCUT2D eigenvalue weighted by Crippen LogP contribution is 2.44. The van der Waals surface area contributed by atoms with E-state index >= 15 is 0 Å². The predicted molar refractivity (Wildman–Crippen MR) is 133 cm³/mol. The van der Waals surface area contributed by atoms with E-state index in [0.29, 0.717) is 12.3 Å². The highest BCUT2D eigenvalue weighted by molar-refractivity contribution is 5.86. The summed E-state index contributed by atoms with van der Waals surface area (Å²) in [5.74, 6) is -1.53. The number of hydrogen-bond acceptors (Lipinski definition) is 4. The van der Waals surface area contributed by atoms with Crippen LogP contribution in [0, 0.1) is 17.3 Å². The molecular weight excluding hydrogens is 444 g/mol. The van der Waals surface area contributed by atoms with Gasteiger partial charge in [0.05, 0.1) is 5.92 Å². The van der Waals surface area contributed by atoms with Crippen LogP contribution in [-0.2, 0) is 14.3 Å². The zero-order valence-electron chi connectivity index (χ0n) is 20.5. The molecule has 2 aromatic carbocycles. The van der Waals surface area contributed by atoms with Crippen LogP contribution in [0.2, 0.25) is 0 Å². The number of amides is 2. The zero-order chi connectivity index (χ0) is 25.2. The molecule has 0 spiro atoms. The van der Waals surface area contributed by atoms with Gasteiger partial charge in [-0.25, -0.2) is 9.59 Å². The third-order valence-corrected chi connectivity index (χ3v) is 6.92. The highest BCUT2D eigenvalue weighted by atomic mass is 16.5. The number of hydrogen-bond donors (Lipinski definition) is 3. The second-order valence-corrected chi connectivity index (χ2v) is 10.7. The van der Waals surface area contributed by atoms with Crippen LogP contribution in [0.5, 0.6) is 0 Å². The fourth-order valence-corrected chi connectivity index (χ4v) is 4.80.